The van der Waals surface area contributed by atoms with Crippen molar-refractivity contribution in [3.8, 4) is 11.8 Å². The van der Waals surface area contributed by atoms with Crippen molar-refractivity contribution in [1.82, 2.24) is 0 Å². The molecule has 0 fully saturated rings. The molecule has 0 amide bonds. The summed E-state index contributed by atoms with van der Waals surface area (Å²) >= 11 is 0. The van der Waals surface area contributed by atoms with Gasteiger partial charge in [-0.2, -0.15) is 5.26 Å². The van der Waals surface area contributed by atoms with E-state index in [-0.39, 0.29) is 12.7 Å². The summed E-state index contributed by atoms with van der Waals surface area (Å²) < 4.78 is 5.47. The highest BCUT2D eigenvalue weighted by atomic mass is 16.5. The van der Waals surface area contributed by atoms with Crippen LogP contribution in [-0.4, -0.2) is 11.2 Å². The molecule has 0 aliphatic carbocycles. The Labute approximate surface area is 83.6 Å². The molecule has 0 aliphatic rings. The van der Waals surface area contributed by atoms with Crippen molar-refractivity contribution in [2.45, 2.75) is 26.6 Å². The third-order valence-electron chi connectivity index (χ3n) is 1.73. The van der Waals surface area contributed by atoms with Crippen LogP contribution in [0.25, 0.3) is 0 Å². The molecule has 3 nitrogen and oxygen atoms in total. The molecule has 74 valence electrons. The van der Waals surface area contributed by atoms with Gasteiger partial charge in [0.1, 0.15) is 5.75 Å². The number of hydrogen-bond donors (Lipinski definition) is 1. The maximum Gasteiger partial charge on any atom is 0.126 e. The van der Waals surface area contributed by atoms with E-state index in [1.807, 2.05) is 19.9 Å². The van der Waals surface area contributed by atoms with Gasteiger partial charge in [0.05, 0.1) is 24.3 Å². The minimum Gasteiger partial charge on any atom is -0.491 e. The van der Waals surface area contributed by atoms with Gasteiger partial charge in [0, 0.05) is 5.56 Å². The van der Waals surface area contributed by atoms with Crippen molar-refractivity contribution in [2.75, 3.05) is 0 Å². The zero-order valence-corrected chi connectivity index (χ0v) is 8.32. The third kappa shape index (κ3) is 2.48. The average Bonchev–Trinajstić information content (AvgIpc) is 2.16. The summed E-state index contributed by atoms with van der Waals surface area (Å²) in [5.74, 6) is 0.585. The number of rotatable bonds is 3. The first-order valence-corrected chi connectivity index (χ1v) is 4.48. The fourth-order valence-electron chi connectivity index (χ4n) is 1.12. The molecule has 0 spiro atoms. The lowest BCUT2D eigenvalue weighted by molar-refractivity contribution is 0.225. The van der Waals surface area contributed by atoms with E-state index in [4.69, 9.17) is 15.1 Å². The Morgan fingerprint density at radius 3 is 2.71 bits per heavy atom. The van der Waals surface area contributed by atoms with E-state index in [2.05, 4.69) is 0 Å². The Hall–Kier alpha value is -1.53. The molecule has 0 radical (unpaired) electrons. The molecule has 0 heterocycles. The van der Waals surface area contributed by atoms with Crippen LogP contribution >= 0.6 is 0 Å². The first kappa shape index (κ1) is 10.6. The standard InChI is InChI=1S/C11H13NO2/c1-8(2)14-11-5-9(6-12)3-4-10(11)7-13/h3-5,8,13H,7H2,1-2H3. The molecule has 3 heteroatoms. The molecule has 0 saturated heterocycles. The highest BCUT2D eigenvalue weighted by molar-refractivity contribution is 5.42. The lowest BCUT2D eigenvalue weighted by Gasteiger charge is -2.13. The molecule has 0 atom stereocenters. The molecule has 14 heavy (non-hydrogen) atoms. The van der Waals surface area contributed by atoms with E-state index in [0.29, 0.717) is 16.9 Å². The number of nitriles is 1. The second kappa shape index (κ2) is 4.64. The van der Waals surface area contributed by atoms with Crippen molar-refractivity contribution in [2.24, 2.45) is 0 Å². The summed E-state index contributed by atoms with van der Waals surface area (Å²) in [6, 6.07) is 7.04. The van der Waals surface area contributed by atoms with Crippen LogP contribution in [0.1, 0.15) is 25.0 Å². The van der Waals surface area contributed by atoms with Gasteiger partial charge >= 0.3 is 0 Å². The first-order chi connectivity index (χ1) is 6.67. The normalized spacial score (nSPS) is 9.93. The van der Waals surface area contributed by atoms with Crippen molar-refractivity contribution in [3.05, 3.63) is 29.3 Å². The summed E-state index contributed by atoms with van der Waals surface area (Å²) in [6.45, 7) is 3.73. The van der Waals surface area contributed by atoms with Gasteiger partial charge in [-0.05, 0) is 26.0 Å². The third-order valence-corrected chi connectivity index (χ3v) is 1.73. The molecule has 1 aromatic carbocycles. The Morgan fingerprint density at radius 2 is 2.21 bits per heavy atom. The van der Waals surface area contributed by atoms with Gasteiger partial charge in [0.25, 0.3) is 0 Å². The predicted octanol–water partition coefficient (Wildman–Crippen LogP) is 1.84. The van der Waals surface area contributed by atoms with Crippen LogP contribution in [0.2, 0.25) is 0 Å². The van der Waals surface area contributed by atoms with Crippen molar-refractivity contribution in [1.29, 1.82) is 5.26 Å². The fraction of sp³-hybridized carbons (Fsp3) is 0.364. The maximum absolute atomic E-state index is 9.03. The number of benzene rings is 1. The van der Waals surface area contributed by atoms with Crippen LogP contribution in [0.5, 0.6) is 5.75 Å². The van der Waals surface area contributed by atoms with Crippen LogP contribution in [0, 0.1) is 11.3 Å². The van der Waals surface area contributed by atoms with Crippen molar-refractivity contribution >= 4 is 0 Å². The van der Waals surface area contributed by atoms with Crippen LogP contribution < -0.4 is 4.74 Å². The lowest BCUT2D eigenvalue weighted by atomic mass is 10.1. The number of nitrogens with zero attached hydrogens (tertiary/aromatic N) is 1. The SMILES string of the molecule is CC(C)Oc1cc(C#N)ccc1CO. The van der Waals surface area contributed by atoms with E-state index in [0.717, 1.165) is 0 Å². The highest BCUT2D eigenvalue weighted by Gasteiger charge is 2.05. The van der Waals surface area contributed by atoms with E-state index in [1.54, 1.807) is 18.2 Å². The summed E-state index contributed by atoms with van der Waals surface area (Å²) in [7, 11) is 0. The first-order valence-electron chi connectivity index (χ1n) is 4.48. The summed E-state index contributed by atoms with van der Waals surface area (Å²) in [6.07, 6.45) is 0.0363. The number of aliphatic hydroxyl groups is 1. The minimum absolute atomic E-state index is 0.0363. The predicted molar refractivity (Wildman–Crippen MR) is 52.8 cm³/mol. The van der Waals surface area contributed by atoms with Gasteiger partial charge in [0.15, 0.2) is 0 Å². The largest absolute Gasteiger partial charge is 0.491 e. The van der Waals surface area contributed by atoms with Crippen molar-refractivity contribution in [3.63, 3.8) is 0 Å². The number of ether oxygens (including phenoxy) is 1. The van der Waals surface area contributed by atoms with Gasteiger partial charge < -0.3 is 9.84 Å². The van der Waals surface area contributed by atoms with Gasteiger partial charge in [0.2, 0.25) is 0 Å². The van der Waals surface area contributed by atoms with E-state index < -0.39 is 0 Å². The van der Waals surface area contributed by atoms with Gasteiger partial charge in [-0.3, -0.25) is 0 Å². The number of aliphatic hydroxyl groups excluding tert-OH is 1. The maximum atomic E-state index is 9.03. The Balaban J connectivity index is 3.03. The second-order valence-electron chi connectivity index (χ2n) is 3.26. The second-order valence-corrected chi connectivity index (χ2v) is 3.26. The van der Waals surface area contributed by atoms with Gasteiger partial charge in [-0.15, -0.1) is 0 Å². The Bertz CT molecular complexity index is 353. The molecular formula is C11H13NO2. The molecule has 0 aliphatic heterocycles. The molecule has 0 bridgehead atoms. The van der Waals surface area contributed by atoms with Crippen LogP contribution in [0.15, 0.2) is 18.2 Å². The van der Waals surface area contributed by atoms with Crippen LogP contribution in [0.3, 0.4) is 0 Å². The molecule has 0 saturated carbocycles. The Kier molecular flexibility index (Phi) is 3.49. The van der Waals surface area contributed by atoms with Gasteiger partial charge in [-0.1, -0.05) is 6.07 Å². The smallest absolute Gasteiger partial charge is 0.126 e. The molecular weight excluding hydrogens is 178 g/mol. The van der Waals surface area contributed by atoms with Crippen LogP contribution in [-0.2, 0) is 6.61 Å². The molecule has 1 N–H and O–H groups in total. The zero-order chi connectivity index (χ0) is 10.6. The summed E-state index contributed by atoms with van der Waals surface area (Å²) in [5.41, 5.74) is 1.25. The summed E-state index contributed by atoms with van der Waals surface area (Å²) in [4.78, 5) is 0. The summed E-state index contributed by atoms with van der Waals surface area (Å²) in [5, 5.41) is 17.7. The van der Waals surface area contributed by atoms with E-state index in [1.165, 1.54) is 0 Å². The molecule has 0 unspecified atom stereocenters. The lowest BCUT2D eigenvalue weighted by Crippen LogP contribution is -2.07. The van der Waals surface area contributed by atoms with E-state index in [9.17, 15) is 0 Å². The van der Waals surface area contributed by atoms with Crippen molar-refractivity contribution < 1.29 is 9.84 Å². The monoisotopic (exact) mass is 191 g/mol. The minimum atomic E-state index is -0.0756. The van der Waals surface area contributed by atoms with E-state index >= 15 is 0 Å². The zero-order valence-electron chi connectivity index (χ0n) is 8.32. The quantitative estimate of drug-likeness (QED) is 0.793. The number of hydrogen-bond acceptors (Lipinski definition) is 3. The van der Waals surface area contributed by atoms with Gasteiger partial charge in [-0.25, -0.2) is 0 Å². The van der Waals surface area contributed by atoms with Crippen LogP contribution in [0.4, 0.5) is 0 Å². The highest BCUT2D eigenvalue weighted by Crippen LogP contribution is 2.21. The fourth-order valence-corrected chi connectivity index (χ4v) is 1.12. The molecule has 1 aromatic rings. The topological polar surface area (TPSA) is 53.2 Å². The average molecular weight is 191 g/mol. The molecule has 1 rings (SSSR count). The Morgan fingerprint density at radius 1 is 1.50 bits per heavy atom. The molecule has 0 aromatic heterocycles.